The van der Waals surface area contributed by atoms with Crippen molar-refractivity contribution in [3.8, 4) is 0 Å². The average Bonchev–Trinajstić information content (AvgIpc) is 2.91. The summed E-state index contributed by atoms with van der Waals surface area (Å²) < 4.78 is 38.9. The van der Waals surface area contributed by atoms with E-state index in [2.05, 4.69) is 0 Å². The molecule has 0 aromatic heterocycles. The first-order valence-electron chi connectivity index (χ1n) is 8.05. The number of aliphatic carboxylic acids is 1. The molecule has 2 aliphatic heterocycles. The molecule has 3 atom stereocenters. The highest BCUT2D eigenvalue weighted by molar-refractivity contribution is 5.79. The van der Waals surface area contributed by atoms with Gasteiger partial charge in [0.05, 0.1) is 18.4 Å². The number of rotatable bonds is 4. The highest BCUT2D eigenvalue weighted by atomic mass is 19.4. The molecule has 1 N–H and O–H groups in total. The third-order valence-corrected chi connectivity index (χ3v) is 4.91. The van der Waals surface area contributed by atoms with Crippen LogP contribution in [0.4, 0.5) is 13.2 Å². The molecule has 2 aliphatic rings. The van der Waals surface area contributed by atoms with Crippen LogP contribution in [0.3, 0.4) is 0 Å². The minimum atomic E-state index is -4.56. The first-order chi connectivity index (χ1) is 10.7. The van der Waals surface area contributed by atoms with Crippen molar-refractivity contribution in [2.24, 2.45) is 11.8 Å². The Morgan fingerprint density at radius 3 is 2.43 bits per heavy atom. The summed E-state index contributed by atoms with van der Waals surface area (Å²) in [6.07, 6.45) is -0.841. The SMILES string of the molecule is CCC1CCCCN1C(=O)CN1C[C@@H](C(F)(F)F)[C@H](C(=O)O)C1. The Hall–Kier alpha value is -1.31. The molecule has 1 unspecified atom stereocenters. The van der Waals surface area contributed by atoms with Gasteiger partial charge in [0.1, 0.15) is 0 Å². The smallest absolute Gasteiger partial charge is 0.393 e. The van der Waals surface area contributed by atoms with Gasteiger partial charge in [-0.1, -0.05) is 6.92 Å². The van der Waals surface area contributed by atoms with Crippen LogP contribution in [0.5, 0.6) is 0 Å². The monoisotopic (exact) mass is 336 g/mol. The maximum Gasteiger partial charge on any atom is 0.393 e. The summed E-state index contributed by atoms with van der Waals surface area (Å²) >= 11 is 0. The average molecular weight is 336 g/mol. The molecule has 0 aromatic rings. The lowest BCUT2D eigenvalue weighted by atomic mass is 9.96. The molecule has 1 amide bonds. The molecular weight excluding hydrogens is 313 g/mol. The zero-order valence-electron chi connectivity index (χ0n) is 13.2. The van der Waals surface area contributed by atoms with E-state index >= 15 is 0 Å². The maximum absolute atomic E-state index is 13.0. The normalized spacial score (nSPS) is 29.7. The van der Waals surface area contributed by atoms with E-state index in [1.807, 2.05) is 6.92 Å². The molecule has 23 heavy (non-hydrogen) atoms. The number of piperidine rings is 1. The van der Waals surface area contributed by atoms with E-state index in [9.17, 15) is 22.8 Å². The van der Waals surface area contributed by atoms with E-state index in [0.29, 0.717) is 6.54 Å². The molecule has 132 valence electrons. The summed E-state index contributed by atoms with van der Waals surface area (Å²) in [5.74, 6) is -5.04. The molecule has 2 rings (SSSR count). The molecular formula is C15H23F3N2O3. The van der Waals surface area contributed by atoms with Gasteiger partial charge in [-0.05, 0) is 25.7 Å². The molecule has 0 spiro atoms. The van der Waals surface area contributed by atoms with Gasteiger partial charge in [0.15, 0.2) is 0 Å². The minimum absolute atomic E-state index is 0.132. The zero-order chi connectivity index (χ0) is 17.2. The standard InChI is InChI=1S/C15H23F3N2O3/c1-2-10-5-3-4-6-20(10)13(21)9-19-7-11(14(22)23)12(8-19)15(16,17)18/h10-12H,2-9H2,1H3,(H,22,23)/t10?,11-,12-/m1/s1. The summed E-state index contributed by atoms with van der Waals surface area (Å²) in [5, 5.41) is 9.01. The van der Waals surface area contributed by atoms with Gasteiger partial charge in [-0.3, -0.25) is 14.5 Å². The Morgan fingerprint density at radius 1 is 1.22 bits per heavy atom. The van der Waals surface area contributed by atoms with Gasteiger partial charge in [0.25, 0.3) is 0 Å². The van der Waals surface area contributed by atoms with Crippen LogP contribution in [0.1, 0.15) is 32.6 Å². The van der Waals surface area contributed by atoms with Gasteiger partial charge in [-0.15, -0.1) is 0 Å². The summed E-state index contributed by atoms with van der Waals surface area (Å²) in [4.78, 5) is 26.6. The number of hydrogen-bond donors (Lipinski definition) is 1. The fraction of sp³-hybridized carbons (Fsp3) is 0.867. The van der Waals surface area contributed by atoms with E-state index < -0.39 is 30.5 Å². The topological polar surface area (TPSA) is 60.9 Å². The minimum Gasteiger partial charge on any atom is -0.481 e. The zero-order valence-corrected chi connectivity index (χ0v) is 13.2. The van der Waals surface area contributed by atoms with Crippen molar-refractivity contribution in [2.45, 2.75) is 44.8 Å². The van der Waals surface area contributed by atoms with E-state index in [0.717, 1.165) is 25.7 Å². The van der Waals surface area contributed by atoms with Crippen LogP contribution in [-0.2, 0) is 9.59 Å². The number of carboxylic acids is 1. The quantitative estimate of drug-likeness (QED) is 0.853. The number of likely N-dealkylation sites (tertiary alicyclic amines) is 2. The first kappa shape index (κ1) is 18.0. The fourth-order valence-electron chi connectivity index (χ4n) is 3.63. The third kappa shape index (κ3) is 4.16. The van der Waals surface area contributed by atoms with Crippen LogP contribution in [0.2, 0.25) is 0 Å². The Morgan fingerprint density at radius 2 is 1.91 bits per heavy atom. The van der Waals surface area contributed by atoms with Crippen LogP contribution in [-0.4, -0.2) is 65.2 Å². The predicted octanol–water partition coefficient (Wildman–Crippen LogP) is 1.97. The molecule has 0 saturated carbocycles. The molecule has 0 radical (unpaired) electrons. The number of halogens is 3. The number of carbonyl (C=O) groups excluding carboxylic acids is 1. The Bertz CT molecular complexity index is 456. The number of amides is 1. The molecule has 0 aromatic carbocycles. The second-order valence-electron chi connectivity index (χ2n) is 6.43. The number of nitrogens with zero attached hydrogens (tertiary/aromatic N) is 2. The molecule has 2 saturated heterocycles. The van der Waals surface area contributed by atoms with Crippen LogP contribution in [0.15, 0.2) is 0 Å². The van der Waals surface area contributed by atoms with Crippen LogP contribution < -0.4 is 0 Å². The van der Waals surface area contributed by atoms with E-state index in [4.69, 9.17) is 5.11 Å². The summed E-state index contributed by atoms with van der Waals surface area (Å²) in [6.45, 7) is 1.85. The summed E-state index contributed by atoms with van der Waals surface area (Å²) in [6, 6.07) is 0.146. The molecule has 2 fully saturated rings. The van der Waals surface area contributed by atoms with E-state index in [1.165, 1.54) is 4.90 Å². The third-order valence-electron chi connectivity index (χ3n) is 4.91. The fourth-order valence-corrected chi connectivity index (χ4v) is 3.63. The number of carbonyl (C=O) groups is 2. The molecule has 2 heterocycles. The summed E-state index contributed by atoms with van der Waals surface area (Å²) in [5.41, 5.74) is 0. The lowest BCUT2D eigenvalue weighted by molar-refractivity contribution is -0.188. The van der Waals surface area contributed by atoms with Crippen molar-refractivity contribution < 1.29 is 27.9 Å². The Balaban J connectivity index is 2.00. The van der Waals surface area contributed by atoms with Crippen molar-refractivity contribution in [1.82, 2.24) is 9.80 Å². The van der Waals surface area contributed by atoms with Crippen molar-refractivity contribution in [2.75, 3.05) is 26.2 Å². The number of alkyl halides is 3. The van der Waals surface area contributed by atoms with Gasteiger partial charge in [-0.2, -0.15) is 13.2 Å². The number of carboxylic acid groups (broad SMARTS) is 1. The van der Waals surface area contributed by atoms with Gasteiger partial charge < -0.3 is 10.0 Å². The highest BCUT2D eigenvalue weighted by Crippen LogP contribution is 2.37. The maximum atomic E-state index is 13.0. The lowest BCUT2D eigenvalue weighted by Crippen LogP contribution is -2.47. The Kier molecular flexibility index (Phi) is 5.54. The second kappa shape index (κ2) is 7.07. The second-order valence-corrected chi connectivity index (χ2v) is 6.43. The molecule has 0 bridgehead atoms. The van der Waals surface area contributed by atoms with Crippen molar-refractivity contribution in [1.29, 1.82) is 0 Å². The lowest BCUT2D eigenvalue weighted by Gasteiger charge is -2.36. The van der Waals surface area contributed by atoms with Crippen LogP contribution >= 0.6 is 0 Å². The predicted molar refractivity (Wildman–Crippen MR) is 76.8 cm³/mol. The molecule has 5 nitrogen and oxygen atoms in total. The van der Waals surface area contributed by atoms with Gasteiger partial charge in [0, 0.05) is 25.7 Å². The number of hydrogen-bond acceptors (Lipinski definition) is 3. The van der Waals surface area contributed by atoms with Crippen molar-refractivity contribution >= 4 is 11.9 Å². The van der Waals surface area contributed by atoms with Crippen molar-refractivity contribution in [3.05, 3.63) is 0 Å². The van der Waals surface area contributed by atoms with Crippen LogP contribution in [0.25, 0.3) is 0 Å². The van der Waals surface area contributed by atoms with E-state index in [1.54, 1.807) is 4.90 Å². The van der Waals surface area contributed by atoms with E-state index in [-0.39, 0.29) is 25.0 Å². The van der Waals surface area contributed by atoms with Crippen LogP contribution in [0, 0.1) is 11.8 Å². The van der Waals surface area contributed by atoms with Gasteiger partial charge in [0.2, 0.25) is 5.91 Å². The Labute approximate surface area is 133 Å². The molecule has 0 aliphatic carbocycles. The van der Waals surface area contributed by atoms with Gasteiger partial charge in [-0.25, -0.2) is 0 Å². The highest BCUT2D eigenvalue weighted by Gasteiger charge is 2.52. The molecule has 8 heteroatoms. The first-order valence-corrected chi connectivity index (χ1v) is 8.05. The largest absolute Gasteiger partial charge is 0.481 e. The summed E-state index contributed by atoms with van der Waals surface area (Å²) in [7, 11) is 0. The van der Waals surface area contributed by atoms with Gasteiger partial charge >= 0.3 is 12.1 Å². The van der Waals surface area contributed by atoms with Crippen molar-refractivity contribution in [3.63, 3.8) is 0 Å².